The fraction of sp³-hybridized carbons (Fsp3) is 0.611. The van der Waals surface area contributed by atoms with E-state index in [1.165, 1.54) is 17.5 Å². The van der Waals surface area contributed by atoms with Gasteiger partial charge in [-0.25, -0.2) is 0 Å². The number of aliphatic carboxylic acids is 1. The molecule has 0 amide bonds. The van der Waals surface area contributed by atoms with Gasteiger partial charge in [-0.2, -0.15) is 0 Å². The molecule has 3 heteroatoms. The van der Waals surface area contributed by atoms with Crippen LogP contribution in [0.5, 0.6) is 0 Å². The van der Waals surface area contributed by atoms with E-state index < -0.39 is 18.0 Å². The molecule has 2 N–H and O–H groups in total. The minimum atomic E-state index is -0.754. The average Bonchev–Trinajstić information content (AvgIpc) is 3.11. The topological polar surface area (TPSA) is 57.5 Å². The smallest absolute Gasteiger partial charge is 0.306 e. The largest absolute Gasteiger partial charge is 0.481 e. The van der Waals surface area contributed by atoms with Crippen LogP contribution in [-0.2, 0) is 17.6 Å². The van der Waals surface area contributed by atoms with Gasteiger partial charge in [-0.15, -0.1) is 0 Å². The molecule has 0 radical (unpaired) electrons. The van der Waals surface area contributed by atoms with Gasteiger partial charge >= 0.3 is 5.97 Å². The zero-order chi connectivity index (χ0) is 15.0. The van der Waals surface area contributed by atoms with Gasteiger partial charge < -0.3 is 10.2 Å². The van der Waals surface area contributed by atoms with Crippen LogP contribution in [0.2, 0.25) is 0 Å². The number of carboxylic acids is 1. The highest BCUT2D eigenvalue weighted by Gasteiger charge is 2.42. The van der Waals surface area contributed by atoms with Crippen LogP contribution in [-0.4, -0.2) is 16.2 Å². The lowest BCUT2D eigenvalue weighted by molar-refractivity contribution is -0.144. The fourth-order valence-electron chi connectivity index (χ4n) is 4.17. The number of hydrogen-bond acceptors (Lipinski definition) is 2. The number of aliphatic hydroxyl groups is 1. The van der Waals surface area contributed by atoms with Crippen molar-refractivity contribution >= 4 is 5.97 Å². The Morgan fingerprint density at radius 1 is 1.29 bits per heavy atom. The van der Waals surface area contributed by atoms with Crippen LogP contribution < -0.4 is 0 Å². The second kappa shape index (κ2) is 5.80. The molecule has 0 heterocycles. The number of aliphatic hydroxyl groups excluding tert-OH is 1. The van der Waals surface area contributed by atoms with Gasteiger partial charge in [-0.1, -0.05) is 31.5 Å². The molecule has 1 fully saturated rings. The molecule has 0 saturated heterocycles. The molecule has 1 aromatic rings. The zero-order valence-corrected chi connectivity index (χ0v) is 12.6. The molecular formula is C18H24O3. The van der Waals surface area contributed by atoms with Crippen molar-refractivity contribution in [2.75, 3.05) is 0 Å². The highest BCUT2D eigenvalue weighted by Crippen LogP contribution is 2.45. The number of carbonyl (C=O) groups is 1. The van der Waals surface area contributed by atoms with Crippen LogP contribution >= 0.6 is 0 Å². The maximum atomic E-state index is 11.5. The number of hydrogen-bond donors (Lipinski definition) is 2. The third-order valence-electron chi connectivity index (χ3n) is 5.47. The van der Waals surface area contributed by atoms with Gasteiger partial charge in [0.2, 0.25) is 0 Å². The first-order valence-electron chi connectivity index (χ1n) is 8.12. The molecule has 21 heavy (non-hydrogen) atoms. The van der Waals surface area contributed by atoms with Gasteiger partial charge in [-0.3, -0.25) is 4.79 Å². The van der Waals surface area contributed by atoms with E-state index in [0.29, 0.717) is 12.3 Å². The number of benzene rings is 1. The maximum absolute atomic E-state index is 11.5. The molecule has 3 nitrogen and oxygen atoms in total. The van der Waals surface area contributed by atoms with E-state index in [0.717, 1.165) is 31.2 Å². The first-order valence-corrected chi connectivity index (χ1v) is 8.12. The zero-order valence-electron chi connectivity index (χ0n) is 12.6. The van der Waals surface area contributed by atoms with Crippen molar-refractivity contribution in [2.45, 2.75) is 51.6 Å². The Hall–Kier alpha value is -1.35. The van der Waals surface area contributed by atoms with E-state index >= 15 is 0 Å². The number of aryl methyl sites for hydroxylation is 2. The van der Waals surface area contributed by atoms with Crippen molar-refractivity contribution in [1.82, 2.24) is 0 Å². The van der Waals surface area contributed by atoms with Crippen molar-refractivity contribution in [3.8, 4) is 0 Å². The molecule has 1 aromatic carbocycles. The van der Waals surface area contributed by atoms with Crippen LogP contribution in [0.25, 0.3) is 0 Å². The lowest BCUT2D eigenvalue weighted by Crippen LogP contribution is -2.24. The Morgan fingerprint density at radius 2 is 2.05 bits per heavy atom. The minimum Gasteiger partial charge on any atom is -0.481 e. The quantitative estimate of drug-likeness (QED) is 0.893. The number of rotatable bonds is 4. The first kappa shape index (κ1) is 14.6. The molecule has 0 aliphatic heterocycles. The van der Waals surface area contributed by atoms with Crippen LogP contribution in [0.1, 0.15) is 55.4 Å². The second-order valence-corrected chi connectivity index (χ2v) is 6.68. The first-order chi connectivity index (χ1) is 10.1. The van der Waals surface area contributed by atoms with Gasteiger partial charge in [-0.05, 0) is 54.7 Å². The summed E-state index contributed by atoms with van der Waals surface area (Å²) in [7, 11) is 0. The lowest BCUT2D eigenvalue weighted by Gasteiger charge is -2.23. The third-order valence-corrected chi connectivity index (χ3v) is 5.47. The van der Waals surface area contributed by atoms with Crippen LogP contribution in [0.3, 0.4) is 0 Å². The van der Waals surface area contributed by atoms with E-state index in [9.17, 15) is 15.0 Å². The molecule has 114 valence electrons. The summed E-state index contributed by atoms with van der Waals surface area (Å²) in [4.78, 5) is 11.5. The molecule has 3 rings (SSSR count). The van der Waals surface area contributed by atoms with E-state index in [1.807, 2.05) is 6.07 Å². The van der Waals surface area contributed by atoms with E-state index in [1.54, 1.807) is 0 Å². The predicted molar refractivity (Wildman–Crippen MR) is 81.1 cm³/mol. The summed E-state index contributed by atoms with van der Waals surface area (Å²) >= 11 is 0. The Balaban J connectivity index is 1.83. The summed E-state index contributed by atoms with van der Waals surface area (Å²) in [6.07, 6.45) is 5.29. The summed E-state index contributed by atoms with van der Waals surface area (Å²) < 4.78 is 0. The van der Waals surface area contributed by atoms with Gasteiger partial charge in [0.1, 0.15) is 0 Å². The predicted octanol–water partition coefficient (Wildman–Crippen LogP) is 3.35. The van der Waals surface area contributed by atoms with E-state index in [2.05, 4.69) is 19.1 Å². The monoisotopic (exact) mass is 288 g/mol. The van der Waals surface area contributed by atoms with Gasteiger partial charge in [0.05, 0.1) is 12.0 Å². The van der Waals surface area contributed by atoms with Gasteiger partial charge in [0.25, 0.3) is 0 Å². The molecule has 2 aliphatic carbocycles. The van der Waals surface area contributed by atoms with Crippen LogP contribution in [0, 0.1) is 17.8 Å². The standard InChI is InChI=1S/C18H24O3/c1-2-11-8-15(16(9-11)18(20)21)17(19)14-7-6-12-4-3-5-13(12)10-14/h6-7,10-11,15-17,19H,2-5,8-9H2,1H3,(H,20,21). The molecule has 4 unspecified atom stereocenters. The van der Waals surface area contributed by atoms with Crippen molar-refractivity contribution < 1.29 is 15.0 Å². The van der Waals surface area contributed by atoms with Crippen LogP contribution in [0.4, 0.5) is 0 Å². The minimum absolute atomic E-state index is 0.146. The summed E-state index contributed by atoms with van der Waals surface area (Å²) in [6, 6.07) is 6.21. The van der Waals surface area contributed by atoms with Gasteiger partial charge in [0.15, 0.2) is 0 Å². The highest BCUT2D eigenvalue weighted by atomic mass is 16.4. The highest BCUT2D eigenvalue weighted by molar-refractivity contribution is 5.71. The van der Waals surface area contributed by atoms with Gasteiger partial charge in [0, 0.05) is 5.92 Å². The van der Waals surface area contributed by atoms with Crippen molar-refractivity contribution in [2.24, 2.45) is 17.8 Å². The third kappa shape index (κ3) is 2.71. The summed E-state index contributed by atoms with van der Waals surface area (Å²) in [5.74, 6) is -0.874. The fourth-order valence-corrected chi connectivity index (χ4v) is 4.17. The average molecular weight is 288 g/mol. The second-order valence-electron chi connectivity index (χ2n) is 6.68. The molecule has 2 aliphatic rings. The number of fused-ring (bicyclic) bond motifs is 1. The molecule has 4 atom stereocenters. The van der Waals surface area contributed by atoms with Crippen molar-refractivity contribution in [1.29, 1.82) is 0 Å². The Morgan fingerprint density at radius 3 is 2.76 bits per heavy atom. The number of carboxylic acid groups (broad SMARTS) is 1. The Bertz CT molecular complexity index is 537. The van der Waals surface area contributed by atoms with Crippen molar-refractivity contribution in [3.63, 3.8) is 0 Å². The Labute approximate surface area is 126 Å². The lowest BCUT2D eigenvalue weighted by atomic mass is 9.86. The summed E-state index contributed by atoms with van der Waals surface area (Å²) in [5, 5.41) is 20.2. The molecular weight excluding hydrogens is 264 g/mol. The van der Waals surface area contributed by atoms with E-state index in [4.69, 9.17) is 0 Å². The summed E-state index contributed by atoms with van der Waals surface area (Å²) in [6.45, 7) is 2.10. The molecule has 0 bridgehead atoms. The van der Waals surface area contributed by atoms with Crippen LogP contribution in [0.15, 0.2) is 18.2 Å². The normalized spacial score (nSPS) is 29.3. The van der Waals surface area contributed by atoms with Crippen molar-refractivity contribution in [3.05, 3.63) is 34.9 Å². The molecule has 0 aromatic heterocycles. The summed E-state index contributed by atoms with van der Waals surface area (Å²) in [5.41, 5.74) is 3.63. The Kier molecular flexibility index (Phi) is 4.03. The maximum Gasteiger partial charge on any atom is 0.306 e. The molecule has 1 saturated carbocycles. The van der Waals surface area contributed by atoms with E-state index in [-0.39, 0.29) is 5.92 Å². The SMILES string of the molecule is CCC1CC(C(=O)O)C(C(O)c2ccc3c(c2)CCC3)C1. The molecule has 0 spiro atoms.